The van der Waals surface area contributed by atoms with Crippen LogP contribution in [-0.2, 0) is 4.74 Å². The first-order valence-corrected chi connectivity index (χ1v) is 1.99. The summed E-state index contributed by atoms with van der Waals surface area (Å²) in [5.41, 5.74) is 0. The molecule has 1 rings (SSSR count). The molecule has 0 bridgehead atoms. The van der Waals surface area contributed by atoms with Gasteiger partial charge in [-0.2, -0.15) is 0 Å². The van der Waals surface area contributed by atoms with E-state index in [9.17, 15) is 0 Å². The van der Waals surface area contributed by atoms with Crippen molar-refractivity contribution >= 4 is 6.40 Å². The van der Waals surface area contributed by atoms with Gasteiger partial charge in [0.25, 0.3) is 0 Å². The normalized spacial score (nSPS) is 14.0. The Labute approximate surface area is 92.2 Å². The van der Waals surface area contributed by atoms with Gasteiger partial charge in [0.15, 0.2) is 6.40 Å². The van der Waals surface area contributed by atoms with E-state index in [1.54, 1.807) is 24.6 Å². The van der Waals surface area contributed by atoms with Gasteiger partial charge in [0.05, 0.1) is 6.26 Å². The predicted molar refractivity (Wildman–Crippen MR) is 29.0 cm³/mol. The van der Waals surface area contributed by atoms with E-state index in [2.05, 4.69) is 9.73 Å². The van der Waals surface area contributed by atoms with Crippen molar-refractivity contribution in [3.63, 3.8) is 0 Å². The summed E-state index contributed by atoms with van der Waals surface area (Å²) in [6.45, 7) is 0. The van der Waals surface area contributed by atoms with Crippen LogP contribution in [0.15, 0.2) is 29.6 Å². The zero-order chi connectivity index (χ0) is 4.95. The first kappa shape index (κ1) is 8.59. The number of allylic oxidation sites excluding steroid dienone is 2. The number of nitrogens with zero attached hydrogens (tertiary/aromatic N) is 1. The van der Waals surface area contributed by atoms with Gasteiger partial charge in [-0.15, -0.1) is 0 Å². The van der Waals surface area contributed by atoms with Gasteiger partial charge in [-0.1, -0.05) is 0 Å². The van der Waals surface area contributed by atoms with Gasteiger partial charge in [0.2, 0.25) is 0 Å². The molecule has 0 saturated carbocycles. The molecule has 0 aromatic heterocycles. The summed E-state index contributed by atoms with van der Waals surface area (Å²) >= 11 is 0. The fraction of sp³-hybridized carbons (Fsp3) is 0. The minimum Gasteiger partial charge on any atom is -1.00 e. The largest absolute Gasteiger partial charge is 1.00 e. The second-order valence-corrected chi connectivity index (χ2v) is 1.06. The molecule has 0 unspecified atom stereocenters. The van der Waals surface area contributed by atoms with Crippen LogP contribution in [0.5, 0.6) is 0 Å². The fourth-order valence-electron chi connectivity index (χ4n) is 0.296. The smallest absolute Gasteiger partial charge is 1.00 e. The zero-order valence-electron chi connectivity index (χ0n) is 5.74. The van der Waals surface area contributed by atoms with E-state index in [1.165, 1.54) is 6.40 Å². The standard InChI is InChI=1S/C5H5NO.K.H/c1-2-4-7-5-6-3-1;;/h1-5H;;/q;+1;-1. The van der Waals surface area contributed by atoms with Crippen LogP contribution in [0.25, 0.3) is 0 Å². The molecule has 0 amide bonds. The molecule has 0 aromatic carbocycles. The van der Waals surface area contributed by atoms with Gasteiger partial charge in [0, 0.05) is 6.20 Å². The van der Waals surface area contributed by atoms with Crippen molar-refractivity contribution in [3.8, 4) is 0 Å². The van der Waals surface area contributed by atoms with Crippen LogP contribution < -0.4 is 51.4 Å². The maximum atomic E-state index is 4.66. The molecule has 0 aromatic rings. The van der Waals surface area contributed by atoms with Crippen LogP contribution in [0.4, 0.5) is 0 Å². The Morgan fingerprint density at radius 2 is 2.25 bits per heavy atom. The van der Waals surface area contributed by atoms with Crippen LogP contribution in [0.3, 0.4) is 0 Å². The molecule has 0 spiro atoms. The van der Waals surface area contributed by atoms with Crippen molar-refractivity contribution in [3.05, 3.63) is 24.6 Å². The number of rotatable bonds is 0. The fourth-order valence-corrected chi connectivity index (χ4v) is 0.296. The first-order chi connectivity index (χ1) is 3.50. The average molecular weight is 135 g/mol. The van der Waals surface area contributed by atoms with Crippen molar-refractivity contribution in [1.29, 1.82) is 0 Å². The van der Waals surface area contributed by atoms with Crippen molar-refractivity contribution < 1.29 is 57.5 Å². The van der Waals surface area contributed by atoms with E-state index >= 15 is 0 Å². The molecule has 0 aliphatic carbocycles. The Hall–Kier alpha value is 0.586. The maximum Gasteiger partial charge on any atom is 1.00 e. The van der Waals surface area contributed by atoms with E-state index in [4.69, 9.17) is 0 Å². The maximum absolute atomic E-state index is 4.66. The van der Waals surface area contributed by atoms with E-state index in [0.717, 1.165) is 0 Å². The van der Waals surface area contributed by atoms with Crippen LogP contribution in [0.1, 0.15) is 1.43 Å². The third kappa shape index (κ3) is 3.57. The van der Waals surface area contributed by atoms with Gasteiger partial charge in [-0.3, -0.25) is 0 Å². The number of aliphatic imine (C=N–C) groups is 1. The Morgan fingerprint density at radius 3 is 3.12 bits per heavy atom. The van der Waals surface area contributed by atoms with Gasteiger partial charge in [0.1, 0.15) is 0 Å². The number of hydrogen-bond donors (Lipinski definition) is 0. The molecule has 3 heteroatoms. The average Bonchev–Trinajstić information content (AvgIpc) is 1.90. The van der Waals surface area contributed by atoms with E-state index in [-0.39, 0.29) is 52.8 Å². The summed E-state index contributed by atoms with van der Waals surface area (Å²) in [5, 5.41) is 0. The topological polar surface area (TPSA) is 21.6 Å². The predicted octanol–water partition coefficient (Wildman–Crippen LogP) is -1.81. The molecular formula is C5H6KNO. The van der Waals surface area contributed by atoms with Crippen molar-refractivity contribution in [2.45, 2.75) is 0 Å². The Morgan fingerprint density at radius 1 is 1.38 bits per heavy atom. The molecule has 0 radical (unpaired) electrons. The van der Waals surface area contributed by atoms with Crippen molar-refractivity contribution in [2.75, 3.05) is 0 Å². The SMILES string of the molecule is C1=CN=COC=C1.[H-].[K+]. The summed E-state index contributed by atoms with van der Waals surface area (Å²) in [7, 11) is 0. The molecule has 0 fully saturated rings. The van der Waals surface area contributed by atoms with E-state index in [0.29, 0.717) is 0 Å². The van der Waals surface area contributed by atoms with E-state index in [1.807, 2.05) is 0 Å². The van der Waals surface area contributed by atoms with Crippen LogP contribution in [0.2, 0.25) is 0 Å². The van der Waals surface area contributed by atoms with Gasteiger partial charge in [-0.05, 0) is 12.2 Å². The summed E-state index contributed by atoms with van der Waals surface area (Å²) in [6, 6.07) is 0. The third-order valence-corrected chi connectivity index (χ3v) is 0.562. The minimum atomic E-state index is 0. The van der Waals surface area contributed by atoms with Crippen molar-refractivity contribution in [1.82, 2.24) is 0 Å². The van der Waals surface area contributed by atoms with Crippen LogP contribution >= 0.6 is 0 Å². The molecule has 0 N–H and O–H groups in total. The van der Waals surface area contributed by atoms with Crippen molar-refractivity contribution in [2.24, 2.45) is 4.99 Å². The molecule has 1 heterocycles. The number of hydrogen-bond acceptors (Lipinski definition) is 2. The van der Waals surface area contributed by atoms with Gasteiger partial charge >= 0.3 is 51.4 Å². The zero-order valence-corrected chi connectivity index (χ0v) is 7.87. The molecule has 0 atom stereocenters. The summed E-state index contributed by atoms with van der Waals surface area (Å²) in [6.07, 6.45) is 8.16. The Bertz CT molecular complexity index is 119. The number of ether oxygens (including phenoxy) is 1. The Balaban J connectivity index is 0. The Kier molecular flexibility index (Phi) is 6.14. The summed E-state index contributed by atoms with van der Waals surface area (Å²) < 4.78 is 4.66. The second-order valence-electron chi connectivity index (χ2n) is 1.06. The minimum absolute atomic E-state index is 0. The van der Waals surface area contributed by atoms with Crippen LogP contribution in [0, 0.1) is 0 Å². The molecular weight excluding hydrogens is 129 g/mol. The molecule has 1 aliphatic heterocycles. The molecule has 2 nitrogen and oxygen atoms in total. The molecule has 0 saturated heterocycles. The van der Waals surface area contributed by atoms with Crippen LogP contribution in [-0.4, -0.2) is 6.40 Å². The molecule has 8 heavy (non-hydrogen) atoms. The second kappa shape index (κ2) is 5.72. The van der Waals surface area contributed by atoms with Gasteiger partial charge < -0.3 is 6.16 Å². The summed E-state index contributed by atoms with van der Waals surface area (Å²) in [4.78, 5) is 3.68. The van der Waals surface area contributed by atoms with Gasteiger partial charge in [-0.25, -0.2) is 4.99 Å². The molecule has 38 valence electrons. The molecule has 1 aliphatic rings. The van der Waals surface area contributed by atoms with E-state index < -0.39 is 0 Å². The monoisotopic (exact) mass is 135 g/mol. The first-order valence-electron chi connectivity index (χ1n) is 1.99. The quantitative estimate of drug-likeness (QED) is 0.359. The summed E-state index contributed by atoms with van der Waals surface area (Å²) in [5.74, 6) is 0. The third-order valence-electron chi connectivity index (χ3n) is 0.562.